The van der Waals surface area contributed by atoms with Crippen LogP contribution in [0.1, 0.15) is 21.6 Å². The molecule has 3 aromatic carbocycles. The molecule has 0 bridgehead atoms. The second-order valence-corrected chi connectivity index (χ2v) is 9.12. The van der Waals surface area contributed by atoms with Gasteiger partial charge in [-0.1, -0.05) is 54.6 Å². The van der Waals surface area contributed by atoms with Gasteiger partial charge in [0.25, 0.3) is 5.91 Å². The number of halogens is 3. The fourth-order valence-corrected chi connectivity index (χ4v) is 4.63. The number of benzene rings is 3. The van der Waals surface area contributed by atoms with E-state index in [9.17, 15) is 18.0 Å². The first kappa shape index (κ1) is 24.4. The Kier molecular flexibility index (Phi) is 5.86. The van der Waals surface area contributed by atoms with Crippen LogP contribution in [0, 0.1) is 0 Å². The van der Waals surface area contributed by atoms with Crippen LogP contribution in [0.5, 0.6) is 0 Å². The van der Waals surface area contributed by atoms with E-state index in [1.165, 1.54) is 4.90 Å². The lowest BCUT2D eigenvalue weighted by atomic mass is 10.0. The first-order valence-corrected chi connectivity index (χ1v) is 12.1. The molecule has 0 atom stereocenters. The molecule has 0 radical (unpaired) electrons. The van der Waals surface area contributed by atoms with Crippen LogP contribution in [-0.2, 0) is 12.7 Å². The summed E-state index contributed by atoms with van der Waals surface area (Å²) < 4.78 is 44.8. The number of fused-ring (bicyclic) bond motifs is 2. The molecule has 0 unspecified atom stereocenters. The third-order valence-corrected chi connectivity index (χ3v) is 6.53. The first-order chi connectivity index (χ1) is 18.8. The van der Waals surface area contributed by atoms with Crippen LogP contribution < -0.4 is 0 Å². The minimum atomic E-state index is -4.71. The first-order valence-electron chi connectivity index (χ1n) is 12.1. The molecule has 0 aliphatic rings. The van der Waals surface area contributed by atoms with Crippen molar-refractivity contribution in [2.24, 2.45) is 0 Å². The Balaban J connectivity index is 1.38. The maximum atomic E-state index is 14.1. The van der Waals surface area contributed by atoms with Crippen LogP contribution in [0.4, 0.5) is 13.2 Å². The number of carbonyl (C=O) groups excluding carboxylic acids is 1. The predicted molar refractivity (Wildman–Crippen MR) is 140 cm³/mol. The molecule has 39 heavy (non-hydrogen) atoms. The Bertz CT molecular complexity index is 1800. The van der Waals surface area contributed by atoms with Gasteiger partial charge in [-0.2, -0.15) is 23.4 Å². The number of rotatable bonds is 5. The van der Waals surface area contributed by atoms with Crippen molar-refractivity contribution in [3.05, 3.63) is 114 Å². The molecule has 194 valence electrons. The van der Waals surface area contributed by atoms with Gasteiger partial charge in [0.2, 0.25) is 0 Å². The number of aromatic nitrogens is 5. The summed E-state index contributed by atoms with van der Waals surface area (Å²) in [6.07, 6.45) is -0.0652. The molecule has 0 N–H and O–H groups in total. The van der Waals surface area contributed by atoms with E-state index in [2.05, 4.69) is 15.2 Å². The van der Waals surface area contributed by atoms with Crippen LogP contribution >= 0.6 is 0 Å². The minimum Gasteiger partial charge on any atom is -0.337 e. The molecule has 10 heteroatoms. The third kappa shape index (κ3) is 4.50. The number of nitrogens with zero attached hydrogens (tertiary/aromatic N) is 6. The van der Waals surface area contributed by atoms with Crippen molar-refractivity contribution in [2.75, 3.05) is 7.05 Å². The number of hydrogen-bond donors (Lipinski definition) is 0. The Morgan fingerprint density at radius 1 is 0.949 bits per heavy atom. The number of hydrogen-bond acceptors (Lipinski definition) is 4. The van der Waals surface area contributed by atoms with Gasteiger partial charge in [0, 0.05) is 31.5 Å². The number of alkyl halides is 3. The van der Waals surface area contributed by atoms with Crippen LogP contribution in [0.3, 0.4) is 0 Å². The second kappa shape index (κ2) is 9.39. The lowest BCUT2D eigenvalue weighted by molar-refractivity contribution is -0.142. The monoisotopic (exact) mass is 526 g/mol. The standard InChI is InChI=1S/C29H21F3N6O/c1-36(18-19-10-12-21(13-11-19)37-15-5-14-33-37)28(39)24-17-34-38-26(29(30,31)32)16-25(35-27(24)38)23-9-4-7-20-6-2-3-8-22(20)23/h2-17H,18H2,1H3. The highest BCUT2D eigenvalue weighted by Crippen LogP contribution is 2.35. The SMILES string of the molecule is CN(Cc1ccc(-n2cccn2)cc1)C(=O)c1cnn2c(C(F)(F)F)cc(-c3cccc4ccccc34)nc12. The normalized spacial score (nSPS) is 11.8. The molecule has 1 amide bonds. The summed E-state index contributed by atoms with van der Waals surface area (Å²) in [6.45, 7) is 0.241. The maximum Gasteiger partial charge on any atom is 0.433 e. The van der Waals surface area contributed by atoms with Gasteiger partial charge in [-0.05, 0) is 40.6 Å². The summed E-state index contributed by atoms with van der Waals surface area (Å²) in [5.41, 5.74) is 1.18. The van der Waals surface area contributed by atoms with E-state index in [0.717, 1.165) is 34.3 Å². The lowest BCUT2D eigenvalue weighted by Gasteiger charge is -2.17. The smallest absolute Gasteiger partial charge is 0.337 e. The van der Waals surface area contributed by atoms with Gasteiger partial charge in [0.1, 0.15) is 5.56 Å². The molecule has 6 aromatic rings. The van der Waals surface area contributed by atoms with Crippen molar-refractivity contribution in [3.8, 4) is 16.9 Å². The fourth-order valence-electron chi connectivity index (χ4n) is 4.63. The van der Waals surface area contributed by atoms with Crippen LogP contribution in [0.15, 0.2) is 97.5 Å². The van der Waals surface area contributed by atoms with E-state index >= 15 is 0 Å². The van der Waals surface area contributed by atoms with Crippen LogP contribution in [0.25, 0.3) is 33.4 Å². The quantitative estimate of drug-likeness (QED) is 0.275. The zero-order chi connectivity index (χ0) is 27.1. The van der Waals surface area contributed by atoms with E-state index in [0.29, 0.717) is 10.1 Å². The summed E-state index contributed by atoms with van der Waals surface area (Å²) >= 11 is 0. The van der Waals surface area contributed by atoms with Gasteiger partial charge in [-0.25, -0.2) is 14.2 Å². The van der Waals surface area contributed by atoms with Crippen LogP contribution in [0.2, 0.25) is 0 Å². The minimum absolute atomic E-state index is 0.0155. The van der Waals surface area contributed by atoms with E-state index in [1.807, 2.05) is 66.9 Å². The van der Waals surface area contributed by atoms with Crippen LogP contribution in [-0.4, -0.2) is 42.2 Å². The summed E-state index contributed by atoms with van der Waals surface area (Å²) in [5, 5.41) is 9.73. The van der Waals surface area contributed by atoms with Crippen molar-refractivity contribution in [3.63, 3.8) is 0 Å². The molecule has 0 aliphatic heterocycles. The van der Waals surface area contributed by atoms with E-state index in [-0.39, 0.29) is 23.4 Å². The second-order valence-electron chi connectivity index (χ2n) is 9.12. The van der Waals surface area contributed by atoms with Crippen molar-refractivity contribution in [1.82, 2.24) is 29.3 Å². The average Bonchev–Trinajstić information content (AvgIpc) is 3.62. The van der Waals surface area contributed by atoms with Gasteiger partial charge >= 0.3 is 6.18 Å². The summed E-state index contributed by atoms with van der Waals surface area (Å²) in [7, 11) is 1.59. The zero-order valence-electron chi connectivity index (χ0n) is 20.7. The molecule has 7 nitrogen and oxygen atoms in total. The summed E-state index contributed by atoms with van der Waals surface area (Å²) in [4.78, 5) is 19.4. The molecule has 6 rings (SSSR count). The van der Waals surface area contributed by atoms with Gasteiger partial charge in [-0.15, -0.1) is 0 Å². The van der Waals surface area contributed by atoms with Gasteiger partial charge < -0.3 is 4.90 Å². The molecular formula is C29H21F3N6O. The van der Waals surface area contributed by atoms with Gasteiger partial charge in [0.15, 0.2) is 11.3 Å². The van der Waals surface area contributed by atoms with Gasteiger partial charge in [0.05, 0.1) is 17.6 Å². The molecule has 0 fully saturated rings. The van der Waals surface area contributed by atoms with Crippen molar-refractivity contribution >= 4 is 22.3 Å². The average molecular weight is 527 g/mol. The fraction of sp³-hybridized carbons (Fsp3) is 0.103. The van der Waals surface area contributed by atoms with E-state index in [4.69, 9.17) is 0 Å². The van der Waals surface area contributed by atoms with Crippen molar-refractivity contribution in [1.29, 1.82) is 0 Å². The molecule has 3 aromatic heterocycles. The predicted octanol–water partition coefficient (Wildman–Crippen LogP) is 6.03. The summed E-state index contributed by atoms with van der Waals surface area (Å²) in [6, 6.07) is 23.1. The third-order valence-electron chi connectivity index (χ3n) is 6.53. The highest BCUT2D eigenvalue weighted by molar-refractivity contribution is 6.00. The lowest BCUT2D eigenvalue weighted by Crippen LogP contribution is -2.26. The summed E-state index contributed by atoms with van der Waals surface area (Å²) in [5.74, 6) is -0.489. The molecule has 0 spiro atoms. The Hall–Kier alpha value is -4.99. The number of amides is 1. The highest BCUT2D eigenvalue weighted by Gasteiger charge is 2.36. The maximum absolute atomic E-state index is 14.1. The van der Waals surface area contributed by atoms with E-state index in [1.54, 1.807) is 30.1 Å². The highest BCUT2D eigenvalue weighted by atomic mass is 19.4. The Morgan fingerprint density at radius 2 is 1.72 bits per heavy atom. The molecule has 3 heterocycles. The van der Waals surface area contributed by atoms with Crippen molar-refractivity contribution < 1.29 is 18.0 Å². The zero-order valence-corrected chi connectivity index (χ0v) is 20.7. The number of carbonyl (C=O) groups is 1. The Labute approximate surface area is 220 Å². The topological polar surface area (TPSA) is 68.3 Å². The molecule has 0 saturated carbocycles. The molecule has 0 aliphatic carbocycles. The largest absolute Gasteiger partial charge is 0.433 e. The van der Waals surface area contributed by atoms with Gasteiger partial charge in [-0.3, -0.25) is 4.79 Å². The van der Waals surface area contributed by atoms with Crippen molar-refractivity contribution in [2.45, 2.75) is 12.7 Å². The molecule has 0 saturated heterocycles. The Morgan fingerprint density at radius 3 is 2.46 bits per heavy atom. The van der Waals surface area contributed by atoms with E-state index < -0.39 is 17.8 Å². The molecular weight excluding hydrogens is 505 g/mol.